The Bertz CT molecular complexity index is 701. The molecule has 2 heterocycles. The van der Waals surface area contributed by atoms with E-state index in [1.54, 1.807) is 10.9 Å². The van der Waals surface area contributed by atoms with Crippen LogP contribution in [0.2, 0.25) is 0 Å². The molecule has 21 heavy (non-hydrogen) atoms. The molecule has 0 unspecified atom stereocenters. The molecule has 0 spiro atoms. The molecule has 112 valence electrons. The second kappa shape index (κ2) is 4.94. The van der Waals surface area contributed by atoms with Crippen LogP contribution in [-0.4, -0.2) is 32.6 Å². The first-order valence-corrected chi connectivity index (χ1v) is 6.74. The molecule has 0 amide bonds. The molecule has 1 saturated carbocycles. The Morgan fingerprint density at radius 2 is 2.24 bits per heavy atom. The molecule has 1 aliphatic carbocycles. The van der Waals surface area contributed by atoms with Crippen molar-refractivity contribution >= 4 is 23.0 Å². The number of methoxy groups -OCH3 is 1. The first-order chi connectivity index (χ1) is 10.0. The predicted molar refractivity (Wildman–Crippen MR) is 72.6 cm³/mol. The summed E-state index contributed by atoms with van der Waals surface area (Å²) in [6.07, 6.45) is 2.09. The first-order valence-electron chi connectivity index (χ1n) is 6.74. The van der Waals surface area contributed by atoms with Crippen molar-refractivity contribution in [1.82, 2.24) is 19.5 Å². The van der Waals surface area contributed by atoms with Gasteiger partial charge in [-0.2, -0.15) is 14.4 Å². The third-order valence-electron chi connectivity index (χ3n) is 4.18. The maximum atomic E-state index is 13.4. The van der Waals surface area contributed by atoms with Gasteiger partial charge in [-0.15, -0.1) is 0 Å². The molecule has 1 aliphatic rings. The fourth-order valence-corrected chi connectivity index (χ4v) is 3.10. The molecule has 0 aliphatic heterocycles. The third kappa shape index (κ3) is 2.20. The number of anilines is 1. The summed E-state index contributed by atoms with van der Waals surface area (Å²) in [5.41, 5.74) is 6.40. The molecule has 2 N–H and O–H groups in total. The minimum atomic E-state index is -0.877. The largest absolute Gasteiger partial charge is 0.469 e. The van der Waals surface area contributed by atoms with Gasteiger partial charge < -0.3 is 15.0 Å². The Morgan fingerprint density at radius 3 is 2.95 bits per heavy atom. The Balaban J connectivity index is 1.97. The summed E-state index contributed by atoms with van der Waals surface area (Å²) in [6.45, 7) is 2.00. The highest BCUT2D eigenvalue weighted by atomic mass is 19.1. The van der Waals surface area contributed by atoms with Gasteiger partial charge in [-0.1, -0.05) is 6.92 Å². The molecule has 0 bridgehead atoms. The molecular weight excluding hydrogens is 277 g/mol. The molecule has 2 aromatic heterocycles. The summed E-state index contributed by atoms with van der Waals surface area (Å²) in [7, 11) is 1.39. The van der Waals surface area contributed by atoms with Crippen LogP contribution in [0.1, 0.15) is 25.8 Å². The fourth-order valence-electron chi connectivity index (χ4n) is 3.10. The average Bonchev–Trinajstić information content (AvgIpc) is 3.01. The Labute approximate surface area is 120 Å². The zero-order valence-electron chi connectivity index (χ0n) is 11.8. The van der Waals surface area contributed by atoms with Crippen LogP contribution in [-0.2, 0) is 9.53 Å². The van der Waals surface area contributed by atoms with Gasteiger partial charge >= 0.3 is 12.0 Å². The van der Waals surface area contributed by atoms with Crippen LogP contribution >= 0.6 is 0 Å². The molecule has 8 heteroatoms. The number of rotatable bonds is 2. The molecular formula is C13H16FN5O2. The van der Waals surface area contributed by atoms with E-state index in [1.807, 2.05) is 6.92 Å². The number of nitrogens with zero attached hydrogens (tertiary/aromatic N) is 4. The van der Waals surface area contributed by atoms with Crippen LogP contribution < -0.4 is 5.73 Å². The van der Waals surface area contributed by atoms with Crippen LogP contribution in [0.5, 0.6) is 0 Å². The van der Waals surface area contributed by atoms with E-state index in [1.165, 1.54) is 7.11 Å². The lowest BCUT2D eigenvalue weighted by molar-refractivity contribution is -0.146. The number of hydrogen-bond donors (Lipinski definition) is 1. The molecule has 7 nitrogen and oxygen atoms in total. The lowest BCUT2D eigenvalue weighted by Crippen LogP contribution is -2.18. The number of carbonyl (C=O) groups is 1. The molecule has 3 atom stereocenters. The summed E-state index contributed by atoms with van der Waals surface area (Å²) >= 11 is 0. The van der Waals surface area contributed by atoms with Gasteiger partial charge in [-0.25, -0.2) is 4.98 Å². The number of carbonyl (C=O) groups excluding carboxylic acids is 1. The summed E-state index contributed by atoms with van der Waals surface area (Å²) in [5, 5.41) is 0. The topological polar surface area (TPSA) is 95.9 Å². The lowest BCUT2D eigenvalue weighted by atomic mass is 9.99. The van der Waals surface area contributed by atoms with Gasteiger partial charge in [-0.05, 0) is 18.8 Å². The van der Waals surface area contributed by atoms with Gasteiger partial charge in [0.25, 0.3) is 0 Å². The van der Waals surface area contributed by atoms with E-state index in [-0.39, 0.29) is 29.7 Å². The Kier molecular flexibility index (Phi) is 3.23. The van der Waals surface area contributed by atoms with E-state index in [4.69, 9.17) is 10.5 Å². The molecule has 1 fully saturated rings. The van der Waals surface area contributed by atoms with E-state index in [9.17, 15) is 9.18 Å². The predicted octanol–water partition coefficient (Wildman–Crippen LogP) is 1.31. The average molecular weight is 293 g/mol. The van der Waals surface area contributed by atoms with Gasteiger partial charge in [0.2, 0.25) is 0 Å². The highest BCUT2D eigenvalue weighted by molar-refractivity contribution is 5.81. The zero-order valence-corrected chi connectivity index (χ0v) is 11.8. The fraction of sp³-hybridized carbons (Fsp3) is 0.538. The van der Waals surface area contributed by atoms with Gasteiger partial charge in [0, 0.05) is 6.04 Å². The van der Waals surface area contributed by atoms with Crippen molar-refractivity contribution in [2.24, 2.45) is 11.8 Å². The van der Waals surface area contributed by atoms with Crippen LogP contribution in [0.15, 0.2) is 6.33 Å². The normalized spacial score (nSPS) is 25.4. The van der Waals surface area contributed by atoms with E-state index < -0.39 is 6.08 Å². The zero-order chi connectivity index (χ0) is 15.1. The molecule has 0 radical (unpaired) electrons. The second-order valence-electron chi connectivity index (χ2n) is 5.43. The van der Waals surface area contributed by atoms with Crippen molar-refractivity contribution in [1.29, 1.82) is 0 Å². The lowest BCUT2D eigenvalue weighted by Gasteiger charge is -2.12. The highest BCUT2D eigenvalue weighted by Crippen LogP contribution is 2.41. The van der Waals surface area contributed by atoms with Gasteiger partial charge in [-0.3, -0.25) is 4.79 Å². The Morgan fingerprint density at radius 1 is 1.48 bits per heavy atom. The monoisotopic (exact) mass is 293 g/mol. The number of aromatic nitrogens is 4. The van der Waals surface area contributed by atoms with Crippen molar-refractivity contribution in [3.63, 3.8) is 0 Å². The number of esters is 1. The van der Waals surface area contributed by atoms with Gasteiger partial charge in [0.05, 0.1) is 19.4 Å². The minimum absolute atomic E-state index is 0.0165. The van der Waals surface area contributed by atoms with Crippen molar-refractivity contribution in [3.8, 4) is 0 Å². The highest BCUT2D eigenvalue weighted by Gasteiger charge is 2.38. The minimum Gasteiger partial charge on any atom is -0.469 e. The Hall–Kier alpha value is -2.25. The van der Waals surface area contributed by atoms with E-state index in [2.05, 4.69) is 15.0 Å². The quantitative estimate of drug-likeness (QED) is 0.662. The molecule has 3 rings (SSSR count). The van der Waals surface area contributed by atoms with Crippen molar-refractivity contribution in [2.45, 2.75) is 25.8 Å². The van der Waals surface area contributed by atoms with E-state index in [0.717, 1.165) is 6.42 Å². The molecule has 0 aromatic carbocycles. The van der Waals surface area contributed by atoms with Gasteiger partial charge in [0.15, 0.2) is 11.5 Å². The number of hydrogen-bond acceptors (Lipinski definition) is 6. The number of nitrogen functional groups attached to an aromatic ring is 1. The van der Waals surface area contributed by atoms with Crippen LogP contribution in [0.25, 0.3) is 11.2 Å². The number of nitrogens with two attached hydrogens (primary N) is 1. The summed E-state index contributed by atoms with van der Waals surface area (Å²) in [5.74, 6) is -0.174. The summed E-state index contributed by atoms with van der Waals surface area (Å²) in [4.78, 5) is 23.2. The van der Waals surface area contributed by atoms with Gasteiger partial charge in [0.1, 0.15) is 5.52 Å². The van der Waals surface area contributed by atoms with Crippen molar-refractivity contribution in [2.75, 3.05) is 12.8 Å². The van der Waals surface area contributed by atoms with Crippen LogP contribution in [0.4, 0.5) is 10.2 Å². The number of halogens is 1. The SMILES string of the molecule is COC(=O)[C@H]1C[C@H](n2cnc3c(N)nc(F)nc32)C[C@@H]1C. The van der Waals surface area contributed by atoms with E-state index in [0.29, 0.717) is 17.6 Å². The number of fused-ring (bicyclic) bond motifs is 1. The maximum absolute atomic E-state index is 13.4. The smallest absolute Gasteiger partial charge is 0.312 e. The first kappa shape index (κ1) is 13.7. The maximum Gasteiger partial charge on any atom is 0.312 e. The number of ether oxygens (including phenoxy) is 1. The summed E-state index contributed by atoms with van der Waals surface area (Å²) < 4.78 is 20.0. The van der Waals surface area contributed by atoms with Crippen molar-refractivity contribution in [3.05, 3.63) is 12.4 Å². The van der Waals surface area contributed by atoms with E-state index >= 15 is 0 Å². The van der Waals surface area contributed by atoms with Crippen LogP contribution in [0.3, 0.4) is 0 Å². The molecule has 0 saturated heterocycles. The third-order valence-corrected chi connectivity index (χ3v) is 4.18. The van der Waals surface area contributed by atoms with Crippen LogP contribution in [0, 0.1) is 17.9 Å². The second-order valence-corrected chi connectivity index (χ2v) is 5.43. The summed E-state index contributed by atoms with van der Waals surface area (Å²) in [6, 6.07) is 0.0165. The number of imidazole rings is 1. The van der Waals surface area contributed by atoms with Crippen molar-refractivity contribution < 1.29 is 13.9 Å². The molecule has 2 aromatic rings. The standard InChI is InChI=1S/C13H16FN5O2/c1-6-3-7(4-8(6)12(20)21-2)19-5-16-9-10(15)17-13(14)18-11(9)19/h5-8H,3-4H2,1-2H3,(H2,15,17,18)/t6-,7+,8-/m0/s1.